The van der Waals surface area contributed by atoms with Crippen molar-refractivity contribution in [3.63, 3.8) is 0 Å². The number of aliphatic hydroxyl groups excluding tert-OH is 1. The van der Waals surface area contributed by atoms with Crippen LogP contribution in [-0.2, 0) is 6.42 Å². The van der Waals surface area contributed by atoms with Gasteiger partial charge in [-0.25, -0.2) is 9.78 Å². The van der Waals surface area contributed by atoms with Gasteiger partial charge in [0.2, 0.25) is 0 Å². The number of imidazole rings is 1. The number of carbonyl (C=O) groups is 1. The summed E-state index contributed by atoms with van der Waals surface area (Å²) >= 11 is 0. The van der Waals surface area contributed by atoms with E-state index < -0.39 is 5.97 Å². The van der Waals surface area contributed by atoms with Crippen molar-refractivity contribution in [2.45, 2.75) is 19.8 Å². The molecule has 0 aliphatic rings. The highest BCUT2D eigenvalue weighted by molar-refractivity contribution is 5.90. The quantitative estimate of drug-likeness (QED) is 0.526. The number of nitrogens with zero attached hydrogens (tertiary/aromatic N) is 1. The van der Waals surface area contributed by atoms with Crippen molar-refractivity contribution in [1.82, 2.24) is 9.97 Å². The molecule has 0 amide bonds. The van der Waals surface area contributed by atoms with E-state index in [-0.39, 0.29) is 17.1 Å². The van der Waals surface area contributed by atoms with E-state index in [0.717, 1.165) is 6.42 Å². The van der Waals surface area contributed by atoms with Crippen LogP contribution >= 0.6 is 0 Å². The summed E-state index contributed by atoms with van der Waals surface area (Å²) in [6.07, 6.45) is 4.16. The summed E-state index contributed by atoms with van der Waals surface area (Å²) < 4.78 is 0. The molecule has 0 aliphatic heterocycles. The van der Waals surface area contributed by atoms with Crippen LogP contribution in [0.15, 0.2) is 18.7 Å². The van der Waals surface area contributed by atoms with Crippen molar-refractivity contribution in [3.05, 3.63) is 35.9 Å². The van der Waals surface area contributed by atoms with Crippen LogP contribution < -0.4 is 0 Å². The first kappa shape index (κ1) is 12.0. The maximum atomic E-state index is 10.9. The number of allylic oxidation sites excluding steroid dienone is 2. The molecule has 86 valence electrons. The molecule has 0 atom stereocenters. The van der Waals surface area contributed by atoms with Crippen LogP contribution in [0.25, 0.3) is 5.76 Å². The van der Waals surface area contributed by atoms with Crippen molar-refractivity contribution in [1.29, 1.82) is 0 Å². The number of carboxylic acids is 1. The number of hydrogen-bond donors (Lipinski definition) is 3. The van der Waals surface area contributed by atoms with Crippen LogP contribution in [0, 0.1) is 0 Å². The van der Waals surface area contributed by atoms with Crippen molar-refractivity contribution in [3.8, 4) is 0 Å². The first-order valence-electron chi connectivity index (χ1n) is 4.94. The van der Waals surface area contributed by atoms with E-state index in [1.165, 1.54) is 12.2 Å². The minimum absolute atomic E-state index is 0.0517. The fourth-order valence-electron chi connectivity index (χ4n) is 1.31. The molecule has 0 bridgehead atoms. The Labute approximate surface area is 93.2 Å². The lowest BCUT2D eigenvalue weighted by atomic mass is 10.2. The van der Waals surface area contributed by atoms with Gasteiger partial charge in [0.25, 0.3) is 0 Å². The van der Waals surface area contributed by atoms with Gasteiger partial charge in [0.05, 0.1) is 0 Å². The lowest BCUT2D eigenvalue weighted by Gasteiger charge is -1.95. The normalized spacial score (nSPS) is 11.4. The molecule has 1 heterocycles. The van der Waals surface area contributed by atoms with Crippen molar-refractivity contribution < 1.29 is 15.0 Å². The number of aliphatic hydroxyl groups is 1. The first-order valence-corrected chi connectivity index (χ1v) is 4.94. The van der Waals surface area contributed by atoms with Gasteiger partial charge in [0.15, 0.2) is 5.69 Å². The summed E-state index contributed by atoms with van der Waals surface area (Å²) in [7, 11) is 0. The van der Waals surface area contributed by atoms with Gasteiger partial charge in [-0.05, 0) is 12.5 Å². The summed E-state index contributed by atoms with van der Waals surface area (Å²) in [4.78, 5) is 17.6. The van der Waals surface area contributed by atoms with Crippen molar-refractivity contribution in [2.24, 2.45) is 0 Å². The number of rotatable bonds is 5. The summed E-state index contributed by atoms with van der Waals surface area (Å²) in [5, 5.41) is 18.5. The Kier molecular flexibility index (Phi) is 3.88. The maximum absolute atomic E-state index is 10.9. The number of nitrogens with one attached hydrogen (secondary N) is 1. The van der Waals surface area contributed by atoms with E-state index in [2.05, 4.69) is 16.5 Å². The molecule has 1 aromatic rings. The highest BCUT2D eigenvalue weighted by Gasteiger charge is 2.18. The number of H-pyrrole nitrogens is 1. The van der Waals surface area contributed by atoms with Gasteiger partial charge in [-0.2, -0.15) is 0 Å². The van der Waals surface area contributed by atoms with Gasteiger partial charge in [-0.15, -0.1) is 0 Å². The number of aromatic nitrogens is 2. The fraction of sp³-hybridized carbons (Fsp3) is 0.273. The second-order valence-corrected chi connectivity index (χ2v) is 3.25. The molecule has 0 unspecified atom stereocenters. The highest BCUT2D eigenvalue weighted by atomic mass is 16.4. The molecule has 16 heavy (non-hydrogen) atoms. The van der Waals surface area contributed by atoms with Gasteiger partial charge in [0, 0.05) is 6.42 Å². The van der Waals surface area contributed by atoms with E-state index in [1.54, 1.807) is 0 Å². The van der Waals surface area contributed by atoms with E-state index >= 15 is 0 Å². The summed E-state index contributed by atoms with van der Waals surface area (Å²) in [5.41, 5.74) is -0.0464. The van der Waals surface area contributed by atoms with Crippen molar-refractivity contribution >= 4 is 11.7 Å². The average molecular weight is 222 g/mol. The molecule has 1 aromatic heterocycles. The van der Waals surface area contributed by atoms with Gasteiger partial charge in [-0.3, -0.25) is 0 Å². The second-order valence-electron chi connectivity index (χ2n) is 3.25. The van der Waals surface area contributed by atoms with E-state index in [0.29, 0.717) is 12.2 Å². The standard InChI is InChI=1S/C11H14N2O3/c1-3-5-7(14)9-10(11(15)16)13-8(12-9)6-4-2/h3,5,14H,1,4,6H2,2H3,(H,12,13)(H,15,16)/b7-5-. The van der Waals surface area contributed by atoms with Gasteiger partial charge >= 0.3 is 5.97 Å². The molecule has 5 nitrogen and oxygen atoms in total. The molecule has 3 N–H and O–H groups in total. The number of carboxylic acid groups (broad SMARTS) is 1. The maximum Gasteiger partial charge on any atom is 0.354 e. The SMILES string of the molecule is C=C/C=C(\O)c1nc(CCC)[nH]c1C(=O)O. The Morgan fingerprint density at radius 1 is 1.56 bits per heavy atom. The Morgan fingerprint density at radius 2 is 2.25 bits per heavy atom. The van der Waals surface area contributed by atoms with Crippen LogP contribution in [0.3, 0.4) is 0 Å². The van der Waals surface area contributed by atoms with Gasteiger partial charge in [0.1, 0.15) is 17.3 Å². The Balaban J connectivity index is 3.19. The number of hydrogen-bond acceptors (Lipinski definition) is 3. The Bertz CT molecular complexity index is 432. The molecule has 0 saturated carbocycles. The predicted octanol–water partition coefficient (Wildman–Crippen LogP) is 2.15. The van der Waals surface area contributed by atoms with E-state index in [4.69, 9.17) is 5.11 Å². The topological polar surface area (TPSA) is 86.2 Å². The van der Waals surface area contributed by atoms with Crippen LogP contribution in [0.2, 0.25) is 0 Å². The van der Waals surface area contributed by atoms with Crippen LogP contribution in [-0.4, -0.2) is 26.2 Å². The molecular weight excluding hydrogens is 208 g/mol. The third-order valence-electron chi connectivity index (χ3n) is 1.97. The Morgan fingerprint density at radius 3 is 2.75 bits per heavy atom. The van der Waals surface area contributed by atoms with Crippen molar-refractivity contribution in [2.75, 3.05) is 0 Å². The third kappa shape index (κ3) is 2.50. The molecule has 0 fully saturated rings. The molecule has 0 saturated heterocycles. The van der Waals surface area contributed by atoms with Gasteiger partial charge in [-0.1, -0.05) is 19.6 Å². The first-order chi connectivity index (χ1) is 7.60. The summed E-state index contributed by atoms with van der Waals surface area (Å²) in [5.74, 6) is -0.793. The monoisotopic (exact) mass is 222 g/mol. The molecule has 5 heteroatoms. The number of aromatic amines is 1. The largest absolute Gasteiger partial charge is 0.506 e. The Hall–Kier alpha value is -2.04. The van der Waals surface area contributed by atoms with Gasteiger partial charge < -0.3 is 15.2 Å². The molecule has 1 rings (SSSR count). The average Bonchev–Trinajstić information content (AvgIpc) is 2.63. The smallest absolute Gasteiger partial charge is 0.354 e. The predicted molar refractivity (Wildman–Crippen MR) is 60.3 cm³/mol. The fourth-order valence-corrected chi connectivity index (χ4v) is 1.31. The van der Waals surface area contributed by atoms with E-state index in [9.17, 15) is 9.90 Å². The molecule has 0 aliphatic carbocycles. The summed E-state index contributed by atoms with van der Waals surface area (Å²) in [6.45, 7) is 5.38. The van der Waals surface area contributed by atoms with Crippen LogP contribution in [0.4, 0.5) is 0 Å². The zero-order valence-corrected chi connectivity index (χ0v) is 9.03. The second kappa shape index (κ2) is 5.16. The van der Waals surface area contributed by atoms with Crippen LogP contribution in [0.5, 0.6) is 0 Å². The molecule has 0 aromatic carbocycles. The lowest BCUT2D eigenvalue weighted by molar-refractivity contribution is 0.0690. The molecule has 0 spiro atoms. The lowest BCUT2D eigenvalue weighted by Crippen LogP contribution is -2.01. The minimum Gasteiger partial charge on any atom is -0.506 e. The molecular formula is C11H14N2O3. The third-order valence-corrected chi connectivity index (χ3v) is 1.97. The zero-order chi connectivity index (χ0) is 12.1. The minimum atomic E-state index is -1.14. The highest BCUT2D eigenvalue weighted by Crippen LogP contribution is 2.15. The van der Waals surface area contributed by atoms with Crippen LogP contribution in [0.1, 0.15) is 35.4 Å². The summed E-state index contributed by atoms with van der Waals surface area (Å²) in [6, 6.07) is 0. The van der Waals surface area contributed by atoms with E-state index in [1.807, 2.05) is 6.92 Å². The molecule has 0 radical (unpaired) electrons. The zero-order valence-electron chi connectivity index (χ0n) is 9.03. The number of aryl methyl sites for hydroxylation is 1. The number of aromatic carboxylic acids is 1.